The lowest BCUT2D eigenvalue weighted by Gasteiger charge is -2.27. The van der Waals surface area contributed by atoms with Gasteiger partial charge in [-0.25, -0.2) is 13.1 Å². The summed E-state index contributed by atoms with van der Waals surface area (Å²) in [5, 5.41) is 3.42. The maximum atomic E-state index is 12.3. The van der Waals surface area contributed by atoms with Crippen molar-refractivity contribution >= 4 is 10.0 Å². The quantitative estimate of drug-likeness (QED) is 0.849. The summed E-state index contributed by atoms with van der Waals surface area (Å²) in [4.78, 5) is 0.328. The Balaban J connectivity index is 2.02. The standard InChI is InChI=1S/C16H26N2O2S/c1-12(16(2,3)4)18-21(19,20)15-9-5-13(6-10-15)11-17-14-7-8-14/h5-6,9-10,12,14,17-18H,7-8,11H2,1-4H3. The highest BCUT2D eigenvalue weighted by Gasteiger charge is 2.26. The molecule has 0 saturated heterocycles. The molecule has 0 amide bonds. The van der Waals surface area contributed by atoms with Crippen LogP contribution in [0.4, 0.5) is 0 Å². The molecule has 0 radical (unpaired) electrons. The summed E-state index contributed by atoms with van der Waals surface area (Å²) >= 11 is 0. The van der Waals surface area contributed by atoms with Gasteiger partial charge in [0.2, 0.25) is 10.0 Å². The molecule has 1 aromatic rings. The molecular formula is C16H26N2O2S. The third-order valence-electron chi connectivity index (χ3n) is 4.04. The highest BCUT2D eigenvalue weighted by atomic mass is 32.2. The first kappa shape index (κ1) is 16.5. The lowest BCUT2D eigenvalue weighted by atomic mass is 9.89. The molecule has 1 fully saturated rings. The van der Waals surface area contributed by atoms with Crippen LogP contribution in [0.5, 0.6) is 0 Å². The van der Waals surface area contributed by atoms with Gasteiger partial charge in [-0.3, -0.25) is 0 Å². The minimum atomic E-state index is -3.45. The van der Waals surface area contributed by atoms with Crippen molar-refractivity contribution in [2.75, 3.05) is 0 Å². The van der Waals surface area contributed by atoms with E-state index in [4.69, 9.17) is 0 Å². The number of hydrogen-bond acceptors (Lipinski definition) is 3. The van der Waals surface area contributed by atoms with Crippen molar-refractivity contribution < 1.29 is 8.42 Å². The third-order valence-corrected chi connectivity index (χ3v) is 5.59. The van der Waals surface area contributed by atoms with Gasteiger partial charge in [-0.05, 0) is 42.9 Å². The molecule has 118 valence electrons. The molecule has 1 saturated carbocycles. The Morgan fingerprint density at radius 1 is 1.19 bits per heavy atom. The van der Waals surface area contributed by atoms with E-state index in [0.717, 1.165) is 12.1 Å². The Morgan fingerprint density at radius 2 is 1.76 bits per heavy atom. The normalized spacial score (nSPS) is 17.7. The zero-order valence-corrected chi connectivity index (χ0v) is 14.1. The summed E-state index contributed by atoms with van der Waals surface area (Å²) in [7, 11) is -3.45. The van der Waals surface area contributed by atoms with Crippen LogP contribution in [0, 0.1) is 5.41 Å². The Labute approximate surface area is 128 Å². The first-order valence-corrected chi connectivity index (χ1v) is 9.01. The summed E-state index contributed by atoms with van der Waals surface area (Å²) in [5.41, 5.74) is 1.01. The van der Waals surface area contributed by atoms with Gasteiger partial charge in [0.25, 0.3) is 0 Å². The molecule has 1 aliphatic rings. The van der Waals surface area contributed by atoms with E-state index in [1.165, 1.54) is 12.8 Å². The topological polar surface area (TPSA) is 58.2 Å². The van der Waals surface area contributed by atoms with Gasteiger partial charge in [-0.2, -0.15) is 0 Å². The molecular weight excluding hydrogens is 284 g/mol. The fourth-order valence-corrected chi connectivity index (χ4v) is 3.26. The van der Waals surface area contributed by atoms with Crippen LogP contribution in [0.15, 0.2) is 29.2 Å². The van der Waals surface area contributed by atoms with E-state index in [0.29, 0.717) is 10.9 Å². The molecule has 1 aliphatic carbocycles. The van der Waals surface area contributed by atoms with Gasteiger partial charge in [0.1, 0.15) is 0 Å². The molecule has 2 rings (SSSR count). The largest absolute Gasteiger partial charge is 0.310 e. The van der Waals surface area contributed by atoms with Crippen LogP contribution in [-0.2, 0) is 16.6 Å². The van der Waals surface area contributed by atoms with Gasteiger partial charge >= 0.3 is 0 Å². The van der Waals surface area contributed by atoms with Gasteiger partial charge in [-0.1, -0.05) is 32.9 Å². The minimum Gasteiger partial charge on any atom is -0.310 e. The second kappa shape index (κ2) is 6.07. The van der Waals surface area contributed by atoms with Crippen LogP contribution in [0.3, 0.4) is 0 Å². The minimum absolute atomic E-state index is 0.110. The van der Waals surface area contributed by atoms with E-state index in [2.05, 4.69) is 10.0 Å². The molecule has 0 bridgehead atoms. The predicted octanol–water partition coefficient (Wildman–Crippen LogP) is 2.65. The van der Waals surface area contributed by atoms with E-state index >= 15 is 0 Å². The summed E-state index contributed by atoms with van der Waals surface area (Å²) < 4.78 is 27.4. The average Bonchev–Trinajstić information content (AvgIpc) is 3.19. The lowest BCUT2D eigenvalue weighted by Crippen LogP contribution is -2.41. The van der Waals surface area contributed by atoms with E-state index in [9.17, 15) is 8.42 Å². The number of rotatable bonds is 6. The van der Waals surface area contributed by atoms with Crippen LogP contribution < -0.4 is 10.0 Å². The molecule has 1 aromatic carbocycles. The maximum absolute atomic E-state index is 12.3. The lowest BCUT2D eigenvalue weighted by molar-refractivity contribution is 0.317. The molecule has 5 heteroatoms. The summed E-state index contributed by atoms with van der Waals surface area (Å²) in [5.74, 6) is 0. The average molecular weight is 310 g/mol. The number of hydrogen-bond donors (Lipinski definition) is 2. The zero-order chi connectivity index (χ0) is 15.7. The molecule has 1 atom stereocenters. The van der Waals surface area contributed by atoms with E-state index in [-0.39, 0.29) is 11.5 Å². The molecule has 1 unspecified atom stereocenters. The molecule has 0 heterocycles. The Morgan fingerprint density at radius 3 is 2.24 bits per heavy atom. The second-order valence-electron chi connectivity index (χ2n) is 7.01. The maximum Gasteiger partial charge on any atom is 0.240 e. The zero-order valence-electron chi connectivity index (χ0n) is 13.3. The van der Waals surface area contributed by atoms with Crippen LogP contribution in [0.25, 0.3) is 0 Å². The molecule has 0 aromatic heterocycles. The highest BCUT2D eigenvalue weighted by Crippen LogP contribution is 2.22. The Hall–Kier alpha value is -0.910. The number of sulfonamides is 1. The first-order valence-electron chi connectivity index (χ1n) is 7.53. The number of nitrogens with one attached hydrogen (secondary N) is 2. The van der Waals surface area contributed by atoms with Crippen molar-refractivity contribution in [1.29, 1.82) is 0 Å². The van der Waals surface area contributed by atoms with Gasteiger partial charge < -0.3 is 5.32 Å². The molecule has 0 spiro atoms. The van der Waals surface area contributed by atoms with Crippen molar-refractivity contribution in [2.45, 2.75) is 64.1 Å². The van der Waals surface area contributed by atoms with Crippen LogP contribution >= 0.6 is 0 Å². The second-order valence-corrected chi connectivity index (χ2v) is 8.72. The van der Waals surface area contributed by atoms with Crippen LogP contribution in [0.1, 0.15) is 46.1 Å². The number of benzene rings is 1. The molecule has 2 N–H and O–H groups in total. The van der Waals surface area contributed by atoms with Gasteiger partial charge in [0.05, 0.1) is 4.90 Å². The van der Waals surface area contributed by atoms with E-state index < -0.39 is 10.0 Å². The summed E-state index contributed by atoms with van der Waals surface area (Å²) in [6.45, 7) is 8.76. The summed E-state index contributed by atoms with van der Waals surface area (Å²) in [6, 6.07) is 7.65. The van der Waals surface area contributed by atoms with Gasteiger partial charge in [0.15, 0.2) is 0 Å². The molecule has 0 aliphatic heterocycles. The first-order chi connectivity index (χ1) is 9.68. The molecule has 21 heavy (non-hydrogen) atoms. The SMILES string of the molecule is CC(NS(=O)(=O)c1ccc(CNC2CC2)cc1)C(C)(C)C. The smallest absolute Gasteiger partial charge is 0.240 e. The fourth-order valence-electron chi connectivity index (χ4n) is 1.81. The van der Waals surface area contributed by atoms with Crippen molar-refractivity contribution in [2.24, 2.45) is 5.41 Å². The van der Waals surface area contributed by atoms with Crippen LogP contribution in [0.2, 0.25) is 0 Å². The highest BCUT2D eigenvalue weighted by molar-refractivity contribution is 7.89. The Kier molecular flexibility index (Phi) is 4.76. The van der Waals surface area contributed by atoms with Crippen LogP contribution in [-0.4, -0.2) is 20.5 Å². The monoisotopic (exact) mass is 310 g/mol. The molecule has 4 nitrogen and oxygen atoms in total. The van der Waals surface area contributed by atoms with Gasteiger partial charge in [0, 0.05) is 18.6 Å². The van der Waals surface area contributed by atoms with Crippen molar-refractivity contribution in [3.63, 3.8) is 0 Å². The third kappa shape index (κ3) is 4.80. The van der Waals surface area contributed by atoms with Crippen molar-refractivity contribution in [3.8, 4) is 0 Å². The van der Waals surface area contributed by atoms with E-state index in [1.807, 2.05) is 39.8 Å². The fraction of sp³-hybridized carbons (Fsp3) is 0.625. The Bertz CT molecular complexity index is 569. The van der Waals surface area contributed by atoms with Crippen molar-refractivity contribution in [3.05, 3.63) is 29.8 Å². The summed E-state index contributed by atoms with van der Waals surface area (Å²) in [6.07, 6.45) is 2.50. The van der Waals surface area contributed by atoms with Gasteiger partial charge in [-0.15, -0.1) is 0 Å². The van der Waals surface area contributed by atoms with E-state index in [1.54, 1.807) is 12.1 Å². The predicted molar refractivity (Wildman–Crippen MR) is 85.5 cm³/mol. The van der Waals surface area contributed by atoms with Crippen molar-refractivity contribution in [1.82, 2.24) is 10.0 Å².